The third-order valence-electron chi connectivity index (χ3n) is 9.14. The van der Waals surface area contributed by atoms with Crippen molar-refractivity contribution in [3.8, 4) is 0 Å². The van der Waals surface area contributed by atoms with Crippen LogP contribution >= 0.6 is 11.3 Å². The minimum Gasteiger partial charge on any atom is -0.510 e. The Morgan fingerprint density at radius 2 is 2.00 bits per heavy atom. The fourth-order valence-electron chi connectivity index (χ4n) is 7.20. The number of amidine groups is 1. The zero-order valence-electron chi connectivity index (χ0n) is 21.6. The van der Waals surface area contributed by atoms with Gasteiger partial charge in [0.1, 0.15) is 16.6 Å². The molecule has 4 nitrogen and oxygen atoms in total. The minimum absolute atomic E-state index is 0.109. The Morgan fingerprint density at radius 3 is 2.68 bits per heavy atom. The number of aliphatic hydroxyl groups excluding tert-OH is 1. The van der Waals surface area contributed by atoms with Crippen molar-refractivity contribution in [1.82, 2.24) is 9.88 Å². The van der Waals surface area contributed by atoms with Crippen LogP contribution in [-0.4, -0.2) is 33.9 Å². The maximum absolute atomic E-state index is 10.8. The first kappa shape index (κ1) is 23.6. The molecule has 0 spiro atoms. The van der Waals surface area contributed by atoms with Gasteiger partial charge in [0, 0.05) is 11.4 Å². The lowest BCUT2D eigenvalue weighted by molar-refractivity contribution is 0.0108. The second kappa shape index (κ2) is 8.22. The topological polar surface area (TPSA) is 60.2 Å². The normalized spacial score (nSPS) is 29.1. The number of aryl methyl sites for hydroxylation is 3. The second-order valence-electron chi connectivity index (χ2n) is 11.8. The van der Waals surface area contributed by atoms with Gasteiger partial charge in [0.25, 0.3) is 0 Å². The maximum Gasteiger partial charge on any atom is 0.135 e. The van der Waals surface area contributed by atoms with E-state index in [2.05, 4.69) is 62.7 Å². The van der Waals surface area contributed by atoms with E-state index in [1.54, 1.807) is 22.5 Å². The summed E-state index contributed by atoms with van der Waals surface area (Å²) < 4.78 is 0. The van der Waals surface area contributed by atoms with Gasteiger partial charge in [-0.2, -0.15) is 0 Å². The number of rotatable bonds is 4. The van der Waals surface area contributed by atoms with E-state index in [1.807, 2.05) is 6.92 Å². The molecule has 1 saturated carbocycles. The molecular weight excluding hydrogens is 438 g/mol. The molecule has 3 atom stereocenters. The van der Waals surface area contributed by atoms with Gasteiger partial charge >= 0.3 is 0 Å². The number of thiazole rings is 1. The summed E-state index contributed by atoms with van der Waals surface area (Å²) in [6.45, 7) is 14.8. The highest BCUT2D eigenvalue weighted by molar-refractivity contribution is 7.13. The summed E-state index contributed by atoms with van der Waals surface area (Å²) in [5.41, 5.74) is 6.48. The second-order valence-corrected chi connectivity index (χ2v) is 13.0. The number of aliphatic hydroxyl groups is 1. The van der Waals surface area contributed by atoms with Crippen molar-refractivity contribution in [2.75, 3.05) is 13.1 Å². The summed E-state index contributed by atoms with van der Waals surface area (Å²) in [7, 11) is 0. The maximum atomic E-state index is 10.8. The van der Waals surface area contributed by atoms with Crippen LogP contribution in [0.15, 0.2) is 24.0 Å². The van der Waals surface area contributed by atoms with Crippen molar-refractivity contribution in [2.24, 2.45) is 11.3 Å². The van der Waals surface area contributed by atoms with Crippen LogP contribution in [0, 0.1) is 30.6 Å². The van der Waals surface area contributed by atoms with Crippen LogP contribution in [0.4, 0.5) is 0 Å². The number of nitrogens with one attached hydrogen (secondary N) is 1. The molecule has 5 heteroatoms. The van der Waals surface area contributed by atoms with Gasteiger partial charge in [0.2, 0.25) is 0 Å². The molecule has 2 aliphatic carbocycles. The van der Waals surface area contributed by atoms with Crippen molar-refractivity contribution >= 4 is 22.7 Å². The summed E-state index contributed by atoms with van der Waals surface area (Å²) in [4.78, 5) is 7.91. The predicted molar refractivity (Wildman–Crippen MR) is 142 cm³/mol. The van der Waals surface area contributed by atoms with Gasteiger partial charge in [-0.3, -0.25) is 5.41 Å². The van der Waals surface area contributed by atoms with Crippen LogP contribution in [-0.2, 0) is 11.8 Å². The lowest BCUT2D eigenvalue weighted by Crippen LogP contribution is -2.53. The van der Waals surface area contributed by atoms with E-state index in [1.165, 1.54) is 31.2 Å². The first-order valence-electron chi connectivity index (χ1n) is 12.9. The minimum atomic E-state index is 0.109. The average Bonchev–Trinajstić information content (AvgIpc) is 3.24. The highest BCUT2D eigenvalue weighted by Gasteiger charge is 2.52. The number of nitrogens with zero attached hydrogens (tertiary/aromatic N) is 2. The van der Waals surface area contributed by atoms with Crippen LogP contribution in [0.25, 0.3) is 5.57 Å². The van der Waals surface area contributed by atoms with E-state index in [-0.39, 0.29) is 10.8 Å². The van der Waals surface area contributed by atoms with E-state index >= 15 is 0 Å². The van der Waals surface area contributed by atoms with Gasteiger partial charge in [0.05, 0.1) is 17.8 Å². The van der Waals surface area contributed by atoms with E-state index < -0.39 is 0 Å². The molecular formula is C29H39N3OS. The van der Waals surface area contributed by atoms with Crippen LogP contribution in [0.5, 0.6) is 0 Å². The molecule has 1 fully saturated rings. The molecule has 0 radical (unpaired) electrons. The van der Waals surface area contributed by atoms with Gasteiger partial charge in [-0.15, -0.1) is 11.3 Å². The fraction of sp³-hybridized carbons (Fsp3) is 0.586. The molecule has 1 aromatic carbocycles. The van der Waals surface area contributed by atoms with E-state index in [4.69, 9.17) is 5.41 Å². The quantitative estimate of drug-likeness (QED) is 0.491. The molecule has 182 valence electrons. The summed E-state index contributed by atoms with van der Waals surface area (Å²) in [5.74, 6) is 1.89. The zero-order valence-corrected chi connectivity index (χ0v) is 22.4. The SMILES string of the molecule is Cc1nc(C2=C(O)CN(C[C@@]3(C)CCC[C@@]4(C)c5ccc(C(C)C)cc5CC[C@H]34)C2=N)sc1C. The van der Waals surface area contributed by atoms with E-state index in [9.17, 15) is 5.11 Å². The number of aromatic nitrogens is 1. The molecule has 0 saturated heterocycles. The number of hydrogen-bond donors (Lipinski definition) is 2. The van der Waals surface area contributed by atoms with Crippen LogP contribution in [0.1, 0.15) is 91.6 Å². The van der Waals surface area contributed by atoms with Crippen LogP contribution < -0.4 is 0 Å². The Bertz CT molecular complexity index is 1160. The first-order valence-corrected chi connectivity index (χ1v) is 13.7. The Morgan fingerprint density at radius 1 is 1.24 bits per heavy atom. The lowest BCUT2D eigenvalue weighted by Gasteiger charge is -2.56. The average molecular weight is 478 g/mol. The van der Waals surface area contributed by atoms with E-state index in [0.717, 1.165) is 28.5 Å². The summed E-state index contributed by atoms with van der Waals surface area (Å²) in [6, 6.07) is 7.25. The Hall–Kier alpha value is -2.14. The largest absolute Gasteiger partial charge is 0.510 e. The molecule has 2 heterocycles. The Kier molecular flexibility index (Phi) is 5.70. The molecule has 2 aromatic rings. The predicted octanol–water partition coefficient (Wildman–Crippen LogP) is 7.16. The smallest absolute Gasteiger partial charge is 0.135 e. The summed E-state index contributed by atoms with van der Waals surface area (Å²) in [6.07, 6.45) is 6.00. The van der Waals surface area contributed by atoms with Gasteiger partial charge < -0.3 is 10.0 Å². The molecule has 1 aliphatic heterocycles. The molecule has 1 aromatic heterocycles. The van der Waals surface area contributed by atoms with E-state index in [0.29, 0.717) is 35.5 Å². The molecule has 3 aliphatic rings. The summed E-state index contributed by atoms with van der Waals surface area (Å²) in [5, 5.41) is 20.6. The van der Waals surface area contributed by atoms with Crippen LogP contribution in [0.2, 0.25) is 0 Å². The third-order valence-corrected chi connectivity index (χ3v) is 10.2. The molecule has 0 amide bonds. The van der Waals surface area contributed by atoms with Gasteiger partial charge in [-0.05, 0) is 78.9 Å². The molecule has 5 rings (SSSR count). The van der Waals surface area contributed by atoms with Crippen molar-refractivity contribution in [2.45, 2.75) is 85.0 Å². The number of hydrogen-bond acceptors (Lipinski definition) is 4. The Labute approximate surface area is 208 Å². The van der Waals surface area contributed by atoms with Crippen LogP contribution in [0.3, 0.4) is 0 Å². The van der Waals surface area contributed by atoms with Gasteiger partial charge in [0.15, 0.2) is 0 Å². The van der Waals surface area contributed by atoms with Gasteiger partial charge in [-0.25, -0.2) is 4.98 Å². The Balaban J connectivity index is 1.41. The standard InChI is InChI=1S/C29H39N3OS/c1-17(2)20-8-10-22-21(14-20)9-11-24-28(5,12-7-13-29(22,24)6)16-32-15-23(33)25(26(32)30)27-31-18(3)19(4)34-27/h8,10,14,17,24,30,33H,7,9,11-13,15-16H2,1-6H3/t24-,28-,29+/m1/s1. The third kappa shape index (κ3) is 3.62. The molecule has 34 heavy (non-hydrogen) atoms. The zero-order chi connectivity index (χ0) is 24.4. The fourth-order valence-corrected chi connectivity index (χ4v) is 8.18. The van der Waals surface area contributed by atoms with Crippen molar-refractivity contribution in [1.29, 1.82) is 5.41 Å². The lowest BCUT2D eigenvalue weighted by atomic mass is 9.49. The number of benzene rings is 1. The molecule has 0 unspecified atom stereocenters. The summed E-state index contributed by atoms with van der Waals surface area (Å²) >= 11 is 1.58. The highest BCUT2D eigenvalue weighted by atomic mass is 32.1. The number of fused-ring (bicyclic) bond motifs is 3. The molecule has 2 N–H and O–H groups in total. The monoisotopic (exact) mass is 477 g/mol. The highest BCUT2D eigenvalue weighted by Crippen LogP contribution is 2.58. The van der Waals surface area contributed by atoms with Crippen molar-refractivity contribution in [3.63, 3.8) is 0 Å². The van der Waals surface area contributed by atoms with Crippen molar-refractivity contribution < 1.29 is 5.11 Å². The van der Waals surface area contributed by atoms with Gasteiger partial charge in [-0.1, -0.05) is 52.3 Å². The van der Waals surface area contributed by atoms with Crippen molar-refractivity contribution in [3.05, 3.63) is 56.2 Å². The molecule has 0 bridgehead atoms. The first-order chi connectivity index (χ1) is 16.0.